The monoisotopic (exact) mass is 161 g/mol. The molecule has 10 heavy (non-hydrogen) atoms. The zero-order chi connectivity index (χ0) is 7.82. The van der Waals surface area contributed by atoms with Gasteiger partial charge in [-0.15, -0.1) is 0 Å². The molecule has 0 aromatic rings. The van der Waals surface area contributed by atoms with E-state index in [0.29, 0.717) is 0 Å². The highest BCUT2D eigenvalue weighted by atomic mass is 32.2. The third-order valence-corrected chi connectivity index (χ3v) is 2.00. The van der Waals surface area contributed by atoms with Crippen LogP contribution in [0.25, 0.3) is 0 Å². The van der Waals surface area contributed by atoms with Crippen LogP contribution in [0, 0.1) is 5.92 Å². The van der Waals surface area contributed by atoms with Gasteiger partial charge in [0.2, 0.25) is 0 Å². The molecule has 0 fully saturated rings. The zero-order valence-corrected chi connectivity index (χ0v) is 8.13. The highest BCUT2D eigenvalue weighted by molar-refractivity contribution is 7.97. The molecule has 0 atom stereocenters. The van der Waals surface area contributed by atoms with Gasteiger partial charge in [0, 0.05) is 12.3 Å². The van der Waals surface area contributed by atoms with E-state index in [2.05, 4.69) is 25.5 Å². The quantitative estimate of drug-likeness (QED) is 0.475. The lowest BCUT2D eigenvalue weighted by atomic mass is 10.1. The van der Waals surface area contributed by atoms with E-state index >= 15 is 0 Å². The molecule has 0 heterocycles. The van der Waals surface area contributed by atoms with Crippen LogP contribution in [0.1, 0.15) is 33.6 Å². The predicted molar refractivity (Wildman–Crippen MR) is 50.2 cm³/mol. The van der Waals surface area contributed by atoms with Gasteiger partial charge in [-0.2, -0.15) is 0 Å². The minimum atomic E-state index is 0.855. The fourth-order valence-corrected chi connectivity index (χ4v) is 1.25. The second kappa shape index (κ2) is 7.42. The summed E-state index contributed by atoms with van der Waals surface area (Å²) in [6.07, 6.45) is 2.65. The van der Waals surface area contributed by atoms with Crippen molar-refractivity contribution in [3.63, 3.8) is 0 Å². The molecule has 2 heteroatoms. The summed E-state index contributed by atoms with van der Waals surface area (Å²) in [6, 6.07) is 0. The molecule has 0 saturated carbocycles. The predicted octanol–water partition coefficient (Wildman–Crippen LogP) is 2.68. The summed E-state index contributed by atoms with van der Waals surface area (Å²) in [5.74, 6) is 2.02. The maximum Gasteiger partial charge on any atom is 0.00586 e. The summed E-state index contributed by atoms with van der Waals surface area (Å²) in [7, 11) is 0. The van der Waals surface area contributed by atoms with Gasteiger partial charge in [0.15, 0.2) is 0 Å². The normalized spacial score (nSPS) is 10.8. The molecule has 0 aromatic carbocycles. The van der Waals surface area contributed by atoms with Gasteiger partial charge in [0.25, 0.3) is 0 Å². The van der Waals surface area contributed by atoms with E-state index < -0.39 is 0 Å². The zero-order valence-electron chi connectivity index (χ0n) is 7.31. The Labute approximate surface area is 69.1 Å². The van der Waals surface area contributed by atoms with Gasteiger partial charge in [0.1, 0.15) is 0 Å². The Morgan fingerprint density at radius 1 is 1.40 bits per heavy atom. The molecule has 0 rings (SSSR count). The molecule has 0 unspecified atom stereocenters. The maximum absolute atomic E-state index is 3.31. The Morgan fingerprint density at radius 3 is 2.60 bits per heavy atom. The fourth-order valence-electron chi connectivity index (χ4n) is 0.757. The Balaban J connectivity index is 2.77. The van der Waals surface area contributed by atoms with E-state index in [-0.39, 0.29) is 0 Å². The minimum absolute atomic E-state index is 0.855. The minimum Gasteiger partial charge on any atom is -0.264 e. The van der Waals surface area contributed by atoms with E-state index in [4.69, 9.17) is 0 Å². The average molecular weight is 161 g/mol. The van der Waals surface area contributed by atoms with Gasteiger partial charge in [-0.1, -0.05) is 32.7 Å². The van der Waals surface area contributed by atoms with Crippen molar-refractivity contribution in [3.8, 4) is 0 Å². The maximum atomic E-state index is 3.31. The van der Waals surface area contributed by atoms with Gasteiger partial charge in [-0.3, -0.25) is 4.72 Å². The van der Waals surface area contributed by atoms with Gasteiger partial charge in [0.05, 0.1) is 0 Å². The molecule has 0 saturated heterocycles. The van der Waals surface area contributed by atoms with Crippen LogP contribution in [-0.2, 0) is 0 Å². The molecule has 0 amide bonds. The van der Waals surface area contributed by atoms with Crippen LogP contribution in [0.2, 0.25) is 0 Å². The Bertz CT molecular complexity index is 64.3. The molecule has 0 aliphatic rings. The standard InChI is InChI=1S/C8H19NS/c1-4-10-9-7-5-6-8(2)3/h8-9H,4-7H2,1-3H3. The van der Waals surface area contributed by atoms with Crippen LogP contribution in [0.3, 0.4) is 0 Å². The van der Waals surface area contributed by atoms with Gasteiger partial charge in [-0.25, -0.2) is 0 Å². The van der Waals surface area contributed by atoms with Crippen molar-refractivity contribution in [1.29, 1.82) is 0 Å². The van der Waals surface area contributed by atoms with E-state index in [1.807, 2.05) is 11.9 Å². The molecule has 1 nitrogen and oxygen atoms in total. The molecule has 0 radical (unpaired) electrons. The van der Waals surface area contributed by atoms with Gasteiger partial charge in [-0.05, 0) is 18.8 Å². The highest BCUT2D eigenvalue weighted by Gasteiger charge is 1.92. The third kappa shape index (κ3) is 8.31. The molecular formula is C8H19NS. The van der Waals surface area contributed by atoms with Crippen molar-refractivity contribution < 1.29 is 0 Å². The molecular weight excluding hydrogens is 142 g/mol. The van der Waals surface area contributed by atoms with Crippen LogP contribution in [0.5, 0.6) is 0 Å². The van der Waals surface area contributed by atoms with Crippen LogP contribution in [-0.4, -0.2) is 12.3 Å². The van der Waals surface area contributed by atoms with Crippen LogP contribution in [0.4, 0.5) is 0 Å². The SMILES string of the molecule is CCSNCCCC(C)C. The lowest BCUT2D eigenvalue weighted by Crippen LogP contribution is -2.06. The summed E-state index contributed by atoms with van der Waals surface area (Å²) in [5.41, 5.74) is 0. The van der Waals surface area contributed by atoms with Crippen LogP contribution >= 0.6 is 11.9 Å². The van der Waals surface area contributed by atoms with Crippen molar-refractivity contribution in [2.75, 3.05) is 12.3 Å². The van der Waals surface area contributed by atoms with Gasteiger partial charge >= 0.3 is 0 Å². The summed E-state index contributed by atoms with van der Waals surface area (Å²) in [5, 5.41) is 0. The van der Waals surface area contributed by atoms with Crippen molar-refractivity contribution >= 4 is 11.9 Å². The number of hydrogen-bond acceptors (Lipinski definition) is 2. The summed E-state index contributed by atoms with van der Waals surface area (Å²) >= 11 is 1.81. The van der Waals surface area contributed by atoms with Crippen LogP contribution in [0.15, 0.2) is 0 Å². The second-order valence-corrected chi connectivity index (χ2v) is 4.02. The van der Waals surface area contributed by atoms with E-state index in [9.17, 15) is 0 Å². The molecule has 0 aliphatic heterocycles. The summed E-state index contributed by atoms with van der Waals surface area (Å²) in [4.78, 5) is 0. The molecule has 62 valence electrons. The molecule has 0 aliphatic carbocycles. The number of nitrogens with one attached hydrogen (secondary N) is 1. The largest absolute Gasteiger partial charge is 0.264 e. The van der Waals surface area contributed by atoms with E-state index in [0.717, 1.165) is 12.5 Å². The second-order valence-electron chi connectivity index (χ2n) is 2.86. The Hall–Kier alpha value is 0.310. The first-order valence-electron chi connectivity index (χ1n) is 4.12. The van der Waals surface area contributed by atoms with Crippen molar-refractivity contribution in [2.24, 2.45) is 5.92 Å². The molecule has 1 N–H and O–H groups in total. The number of hydrogen-bond donors (Lipinski definition) is 1. The Morgan fingerprint density at radius 2 is 2.10 bits per heavy atom. The number of rotatable bonds is 6. The Kier molecular flexibility index (Phi) is 7.65. The topological polar surface area (TPSA) is 12.0 Å². The lowest BCUT2D eigenvalue weighted by Gasteiger charge is -2.04. The van der Waals surface area contributed by atoms with E-state index in [1.165, 1.54) is 18.6 Å². The highest BCUT2D eigenvalue weighted by Crippen LogP contribution is 2.02. The fraction of sp³-hybridized carbons (Fsp3) is 1.00. The van der Waals surface area contributed by atoms with E-state index in [1.54, 1.807) is 0 Å². The molecule has 0 spiro atoms. The van der Waals surface area contributed by atoms with Gasteiger partial charge < -0.3 is 0 Å². The van der Waals surface area contributed by atoms with Crippen molar-refractivity contribution in [2.45, 2.75) is 33.6 Å². The lowest BCUT2D eigenvalue weighted by molar-refractivity contribution is 0.555. The summed E-state index contributed by atoms with van der Waals surface area (Å²) < 4.78 is 3.31. The average Bonchev–Trinajstić information content (AvgIpc) is 1.87. The third-order valence-electron chi connectivity index (χ3n) is 1.31. The summed E-state index contributed by atoms with van der Waals surface area (Å²) in [6.45, 7) is 7.87. The molecule has 0 aromatic heterocycles. The first-order chi connectivity index (χ1) is 4.77. The van der Waals surface area contributed by atoms with Crippen molar-refractivity contribution in [1.82, 2.24) is 4.72 Å². The first-order valence-corrected chi connectivity index (χ1v) is 5.10. The van der Waals surface area contributed by atoms with Crippen molar-refractivity contribution in [3.05, 3.63) is 0 Å². The smallest absolute Gasteiger partial charge is 0.00586 e. The first kappa shape index (κ1) is 10.3. The van der Waals surface area contributed by atoms with Crippen LogP contribution < -0.4 is 4.72 Å². The molecule has 0 bridgehead atoms.